The molecule has 2 nitrogen and oxygen atoms in total. The number of ketones is 1. The summed E-state index contributed by atoms with van der Waals surface area (Å²) in [6, 6.07) is 0. The van der Waals surface area contributed by atoms with Gasteiger partial charge < -0.3 is 4.90 Å². The highest BCUT2D eigenvalue weighted by atomic mass is 16.1. The minimum atomic E-state index is -0.141. The lowest BCUT2D eigenvalue weighted by Gasteiger charge is -2.29. The molecule has 72 valence electrons. The Hall–Kier alpha value is -0.370. The van der Waals surface area contributed by atoms with E-state index in [1.165, 1.54) is 0 Å². The average Bonchev–Trinajstić information content (AvgIpc) is 2.01. The molecule has 0 fully saturated rings. The van der Waals surface area contributed by atoms with E-state index in [4.69, 9.17) is 0 Å². The Morgan fingerprint density at radius 1 is 1.33 bits per heavy atom. The molecule has 0 unspecified atom stereocenters. The molecule has 12 heavy (non-hydrogen) atoms. The number of nitrogens with zero attached hydrogens (tertiary/aromatic N) is 1. The maximum atomic E-state index is 11.6. The van der Waals surface area contributed by atoms with E-state index in [-0.39, 0.29) is 5.41 Å². The van der Waals surface area contributed by atoms with Gasteiger partial charge in [0.1, 0.15) is 5.78 Å². The first-order valence-corrected chi connectivity index (χ1v) is 4.64. The molecule has 1 atom stereocenters. The number of hydrogen-bond donors (Lipinski definition) is 0. The fourth-order valence-electron chi connectivity index (χ4n) is 1.52. The summed E-state index contributed by atoms with van der Waals surface area (Å²) in [7, 11) is 4.02. The van der Waals surface area contributed by atoms with E-state index in [0.717, 1.165) is 13.0 Å². The summed E-state index contributed by atoms with van der Waals surface area (Å²) >= 11 is 0. The fourth-order valence-corrected chi connectivity index (χ4v) is 1.52. The number of carbonyl (C=O) groups excluding carboxylic acids is 1. The second-order valence-electron chi connectivity index (χ2n) is 3.93. The Labute approximate surface area is 75.9 Å². The molecule has 0 aromatic heterocycles. The molecule has 0 heterocycles. The second-order valence-corrected chi connectivity index (χ2v) is 3.93. The smallest absolute Gasteiger partial charge is 0.139 e. The molecular weight excluding hydrogens is 150 g/mol. The molecule has 0 radical (unpaired) electrons. The minimum Gasteiger partial charge on any atom is -0.308 e. The van der Waals surface area contributed by atoms with Crippen LogP contribution in [-0.2, 0) is 4.79 Å². The zero-order chi connectivity index (χ0) is 9.78. The van der Waals surface area contributed by atoms with Gasteiger partial charge >= 0.3 is 0 Å². The van der Waals surface area contributed by atoms with Crippen LogP contribution < -0.4 is 0 Å². The Morgan fingerprint density at radius 3 is 2.08 bits per heavy atom. The van der Waals surface area contributed by atoms with Crippen LogP contribution >= 0.6 is 0 Å². The summed E-state index contributed by atoms with van der Waals surface area (Å²) in [4.78, 5) is 13.7. The lowest BCUT2D eigenvalue weighted by atomic mass is 9.81. The minimum absolute atomic E-state index is 0.141. The molecule has 0 bridgehead atoms. The van der Waals surface area contributed by atoms with Crippen molar-refractivity contribution in [3.63, 3.8) is 0 Å². The van der Waals surface area contributed by atoms with Crippen LogP contribution in [0.15, 0.2) is 0 Å². The summed E-state index contributed by atoms with van der Waals surface area (Å²) < 4.78 is 0. The SMILES string of the molecule is CCC(=O)[C@@](C)(CC)CN(C)C. The first kappa shape index (κ1) is 11.6. The standard InChI is InChI=1S/C10H21NO/c1-6-9(12)10(3,7-2)8-11(4)5/h6-8H2,1-5H3/t10-/m0/s1. The molecule has 0 saturated carbocycles. The van der Waals surface area contributed by atoms with Crippen molar-refractivity contribution >= 4 is 5.78 Å². The Bertz CT molecular complexity index is 154. The molecule has 0 saturated heterocycles. The van der Waals surface area contributed by atoms with Gasteiger partial charge in [-0.3, -0.25) is 4.79 Å². The van der Waals surface area contributed by atoms with E-state index in [9.17, 15) is 4.79 Å². The molecule has 0 aliphatic heterocycles. The van der Waals surface area contributed by atoms with Gasteiger partial charge in [-0.25, -0.2) is 0 Å². The predicted octanol–water partition coefficient (Wildman–Crippen LogP) is 1.94. The van der Waals surface area contributed by atoms with Crippen LogP contribution in [0.5, 0.6) is 0 Å². The largest absolute Gasteiger partial charge is 0.308 e. The normalized spacial score (nSPS) is 16.2. The molecule has 0 aromatic rings. The predicted molar refractivity (Wildman–Crippen MR) is 52.3 cm³/mol. The van der Waals surface area contributed by atoms with Crippen molar-refractivity contribution in [3.8, 4) is 0 Å². The lowest BCUT2D eigenvalue weighted by molar-refractivity contribution is -0.128. The third kappa shape index (κ3) is 2.94. The lowest BCUT2D eigenvalue weighted by Crippen LogP contribution is -2.37. The quantitative estimate of drug-likeness (QED) is 0.630. The summed E-state index contributed by atoms with van der Waals surface area (Å²) in [5, 5.41) is 0. The van der Waals surface area contributed by atoms with E-state index in [1.54, 1.807) is 0 Å². The van der Waals surface area contributed by atoms with Crippen LogP contribution in [0.3, 0.4) is 0 Å². The van der Waals surface area contributed by atoms with Crippen molar-refractivity contribution in [2.75, 3.05) is 20.6 Å². The monoisotopic (exact) mass is 171 g/mol. The molecule has 0 aliphatic rings. The molecule has 0 aliphatic carbocycles. The third-order valence-electron chi connectivity index (χ3n) is 2.44. The molecule has 0 rings (SSSR count). The Morgan fingerprint density at radius 2 is 1.83 bits per heavy atom. The topological polar surface area (TPSA) is 20.3 Å². The van der Waals surface area contributed by atoms with Gasteiger partial charge in [-0.2, -0.15) is 0 Å². The summed E-state index contributed by atoms with van der Waals surface area (Å²) in [6.45, 7) is 6.93. The first-order valence-electron chi connectivity index (χ1n) is 4.64. The third-order valence-corrected chi connectivity index (χ3v) is 2.44. The van der Waals surface area contributed by atoms with Crippen molar-refractivity contribution < 1.29 is 4.79 Å². The van der Waals surface area contributed by atoms with Gasteiger partial charge in [-0.1, -0.05) is 20.8 Å². The zero-order valence-electron chi connectivity index (χ0n) is 8.98. The molecule has 0 N–H and O–H groups in total. The first-order chi connectivity index (χ1) is 5.46. The van der Waals surface area contributed by atoms with Gasteiger partial charge in [0.15, 0.2) is 0 Å². The summed E-state index contributed by atoms with van der Waals surface area (Å²) in [5.41, 5.74) is -0.141. The molecular formula is C10H21NO. The highest BCUT2D eigenvalue weighted by molar-refractivity contribution is 5.84. The zero-order valence-corrected chi connectivity index (χ0v) is 8.98. The van der Waals surface area contributed by atoms with Crippen molar-refractivity contribution in [2.45, 2.75) is 33.6 Å². The van der Waals surface area contributed by atoms with E-state index in [0.29, 0.717) is 12.2 Å². The fraction of sp³-hybridized carbons (Fsp3) is 0.900. The maximum Gasteiger partial charge on any atom is 0.139 e. The van der Waals surface area contributed by atoms with Crippen molar-refractivity contribution in [2.24, 2.45) is 5.41 Å². The van der Waals surface area contributed by atoms with Crippen molar-refractivity contribution in [1.29, 1.82) is 0 Å². The van der Waals surface area contributed by atoms with E-state index in [2.05, 4.69) is 18.7 Å². The second kappa shape index (κ2) is 4.61. The van der Waals surface area contributed by atoms with Gasteiger partial charge in [0, 0.05) is 18.4 Å². The number of Topliss-reactive ketones (excluding diaryl/α,β-unsaturated/α-hetero) is 1. The number of carbonyl (C=O) groups is 1. The highest BCUT2D eigenvalue weighted by Gasteiger charge is 2.29. The average molecular weight is 171 g/mol. The van der Waals surface area contributed by atoms with Gasteiger partial charge in [-0.15, -0.1) is 0 Å². The van der Waals surface area contributed by atoms with Crippen LogP contribution in [0.4, 0.5) is 0 Å². The van der Waals surface area contributed by atoms with Gasteiger partial charge in [-0.05, 0) is 20.5 Å². The maximum absolute atomic E-state index is 11.6. The van der Waals surface area contributed by atoms with E-state index in [1.807, 2.05) is 21.0 Å². The molecule has 0 aromatic carbocycles. The van der Waals surface area contributed by atoms with Crippen LogP contribution in [0, 0.1) is 5.41 Å². The number of hydrogen-bond acceptors (Lipinski definition) is 2. The van der Waals surface area contributed by atoms with Crippen molar-refractivity contribution in [1.82, 2.24) is 4.90 Å². The van der Waals surface area contributed by atoms with Crippen LogP contribution in [0.1, 0.15) is 33.6 Å². The number of rotatable bonds is 5. The van der Waals surface area contributed by atoms with Gasteiger partial charge in [0.25, 0.3) is 0 Å². The van der Waals surface area contributed by atoms with E-state index >= 15 is 0 Å². The Kier molecular flexibility index (Phi) is 4.46. The summed E-state index contributed by atoms with van der Waals surface area (Å²) in [6.07, 6.45) is 1.58. The molecule has 2 heteroatoms. The molecule has 0 spiro atoms. The Balaban J connectivity index is 4.33. The van der Waals surface area contributed by atoms with Gasteiger partial charge in [0.05, 0.1) is 0 Å². The van der Waals surface area contributed by atoms with Crippen LogP contribution in [-0.4, -0.2) is 31.3 Å². The van der Waals surface area contributed by atoms with E-state index < -0.39 is 0 Å². The molecule has 0 amide bonds. The summed E-state index contributed by atoms with van der Waals surface area (Å²) in [5.74, 6) is 0.374. The van der Waals surface area contributed by atoms with Crippen molar-refractivity contribution in [3.05, 3.63) is 0 Å². The highest BCUT2D eigenvalue weighted by Crippen LogP contribution is 2.24. The van der Waals surface area contributed by atoms with Crippen LogP contribution in [0.2, 0.25) is 0 Å². The van der Waals surface area contributed by atoms with Crippen LogP contribution in [0.25, 0.3) is 0 Å². The van der Waals surface area contributed by atoms with Gasteiger partial charge in [0.2, 0.25) is 0 Å².